The van der Waals surface area contributed by atoms with Crippen LogP contribution in [0.2, 0.25) is 0 Å². The van der Waals surface area contributed by atoms with Crippen molar-refractivity contribution in [3.8, 4) is 17.0 Å². The summed E-state index contributed by atoms with van der Waals surface area (Å²) in [4.78, 5) is 4.59. The lowest BCUT2D eigenvalue weighted by Crippen LogP contribution is -2.05. The van der Waals surface area contributed by atoms with Gasteiger partial charge in [-0.15, -0.1) is 11.3 Å². The molecule has 2 heterocycles. The Labute approximate surface area is 132 Å². The molecule has 0 spiro atoms. The van der Waals surface area contributed by atoms with E-state index in [-0.39, 0.29) is 11.0 Å². The average molecular weight is 341 g/mol. The van der Waals surface area contributed by atoms with E-state index in [2.05, 4.69) is 4.98 Å². The summed E-state index contributed by atoms with van der Waals surface area (Å²) < 4.78 is 29.0. The molecule has 0 bridgehead atoms. The first-order chi connectivity index (χ1) is 10.1. The Kier molecular flexibility index (Phi) is 4.24. The molecule has 21 heavy (non-hydrogen) atoms. The average Bonchev–Trinajstić information content (AvgIpc) is 3.06. The number of ether oxygens (including phenoxy) is 1. The van der Waals surface area contributed by atoms with Crippen molar-refractivity contribution in [1.29, 1.82) is 0 Å². The second kappa shape index (κ2) is 5.98. The van der Waals surface area contributed by atoms with Crippen LogP contribution in [0.4, 0.5) is 0 Å². The lowest BCUT2D eigenvalue weighted by Gasteiger charge is -2.03. The summed E-state index contributed by atoms with van der Waals surface area (Å²) >= 11 is 3.15. The molecular weight excluding hydrogens is 326 g/mol. The molecule has 2 aromatic rings. The third-order valence-corrected chi connectivity index (χ3v) is 7.55. The quantitative estimate of drug-likeness (QED) is 0.855. The summed E-state index contributed by atoms with van der Waals surface area (Å²) in [6.45, 7) is 0. The van der Waals surface area contributed by atoms with E-state index in [1.165, 1.54) is 0 Å². The summed E-state index contributed by atoms with van der Waals surface area (Å²) in [5, 5.41) is 2.15. The van der Waals surface area contributed by atoms with E-state index in [0.29, 0.717) is 5.75 Å². The van der Waals surface area contributed by atoms with Gasteiger partial charge in [-0.25, -0.2) is 13.4 Å². The minimum atomic E-state index is -2.83. The maximum absolute atomic E-state index is 11.5. The first-order valence-electron chi connectivity index (χ1n) is 6.53. The zero-order chi connectivity index (χ0) is 14.9. The minimum absolute atomic E-state index is 0.143. The molecule has 1 aliphatic rings. The first kappa shape index (κ1) is 14.9. The van der Waals surface area contributed by atoms with Gasteiger partial charge < -0.3 is 4.74 Å². The van der Waals surface area contributed by atoms with Gasteiger partial charge in [0.15, 0.2) is 14.2 Å². The van der Waals surface area contributed by atoms with E-state index in [1.54, 1.807) is 30.2 Å². The van der Waals surface area contributed by atoms with Crippen molar-refractivity contribution in [2.24, 2.45) is 0 Å². The molecule has 1 aliphatic heterocycles. The smallest absolute Gasteiger partial charge is 0.151 e. The van der Waals surface area contributed by atoms with Crippen LogP contribution in [0.15, 0.2) is 34.0 Å². The number of methoxy groups -OCH3 is 1. The Morgan fingerprint density at radius 1 is 1.33 bits per heavy atom. The second-order valence-electron chi connectivity index (χ2n) is 4.87. The summed E-state index contributed by atoms with van der Waals surface area (Å²) in [6.07, 6.45) is 0.727. The van der Waals surface area contributed by atoms with E-state index < -0.39 is 9.84 Å². The van der Waals surface area contributed by atoms with Crippen molar-refractivity contribution < 1.29 is 13.2 Å². The van der Waals surface area contributed by atoms with E-state index in [9.17, 15) is 8.42 Å². The summed E-state index contributed by atoms with van der Waals surface area (Å²) in [7, 11) is -1.19. The zero-order valence-corrected chi connectivity index (χ0v) is 13.9. The lowest BCUT2D eigenvalue weighted by molar-refractivity contribution is 0.415. The van der Waals surface area contributed by atoms with Crippen LogP contribution in [-0.2, 0) is 9.84 Å². The van der Waals surface area contributed by atoms with Gasteiger partial charge in [0.05, 0.1) is 24.3 Å². The molecule has 1 aromatic heterocycles. The van der Waals surface area contributed by atoms with Crippen LogP contribution in [0.1, 0.15) is 6.42 Å². The number of nitrogens with zero attached hydrogens (tertiary/aromatic N) is 1. The lowest BCUT2D eigenvalue weighted by atomic mass is 10.2. The van der Waals surface area contributed by atoms with E-state index >= 15 is 0 Å². The van der Waals surface area contributed by atoms with Gasteiger partial charge in [-0.05, 0) is 30.7 Å². The van der Waals surface area contributed by atoms with Crippen LogP contribution in [0.3, 0.4) is 0 Å². The van der Waals surface area contributed by atoms with E-state index in [4.69, 9.17) is 4.74 Å². The topological polar surface area (TPSA) is 56.3 Å². The van der Waals surface area contributed by atoms with Gasteiger partial charge in [-0.2, -0.15) is 0 Å². The number of rotatable bonds is 4. The Bertz CT molecular complexity index is 722. The van der Waals surface area contributed by atoms with Crippen LogP contribution >= 0.6 is 23.1 Å². The van der Waals surface area contributed by atoms with E-state index in [1.807, 2.05) is 29.6 Å². The fourth-order valence-corrected chi connectivity index (χ4v) is 6.79. The van der Waals surface area contributed by atoms with Crippen molar-refractivity contribution in [2.45, 2.75) is 16.0 Å². The molecule has 1 fully saturated rings. The predicted molar refractivity (Wildman–Crippen MR) is 87.0 cm³/mol. The maximum atomic E-state index is 11.5. The fraction of sp³-hybridized carbons (Fsp3) is 0.357. The van der Waals surface area contributed by atoms with Gasteiger partial charge in [0.2, 0.25) is 0 Å². The molecule has 0 N–H and O–H groups in total. The number of hydrogen-bond donors (Lipinski definition) is 0. The number of aromatic nitrogens is 1. The third-order valence-electron chi connectivity index (χ3n) is 3.33. The first-order valence-corrected chi connectivity index (χ1v) is 10.1. The normalized spacial score (nSPS) is 20.5. The highest BCUT2D eigenvalue weighted by Gasteiger charge is 2.29. The van der Waals surface area contributed by atoms with Gasteiger partial charge in [0, 0.05) is 16.2 Å². The van der Waals surface area contributed by atoms with E-state index in [0.717, 1.165) is 27.8 Å². The van der Waals surface area contributed by atoms with Crippen molar-refractivity contribution >= 4 is 32.9 Å². The van der Waals surface area contributed by atoms with Crippen molar-refractivity contribution in [2.75, 3.05) is 18.6 Å². The number of benzene rings is 1. The third kappa shape index (κ3) is 3.59. The molecular formula is C14H15NO3S3. The molecule has 7 heteroatoms. The molecule has 0 amide bonds. The van der Waals surface area contributed by atoms with Crippen LogP contribution in [-0.4, -0.2) is 37.3 Å². The fourth-order valence-electron chi connectivity index (χ4n) is 2.20. The van der Waals surface area contributed by atoms with Crippen LogP contribution < -0.4 is 4.74 Å². The summed E-state index contributed by atoms with van der Waals surface area (Å²) in [6, 6.07) is 7.76. The zero-order valence-electron chi connectivity index (χ0n) is 11.5. The molecule has 1 aromatic carbocycles. The monoisotopic (exact) mass is 341 g/mol. The predicted octanol–water partition coefficient (Wildman–Crippen LogP) is 3.10. The Hall–Kier alpha value is -1.05. The van der Waals surface area contributed by atoms with Crippen molar-refractivity contribution in [3.05, 3.63) is 29.6 Å². The Balaban J connectivity index is 1.71. The molecule has 1 atom stereocenters. The molecule has 0 unspecified atom stereocenters. The van der Waals surface area contributed by atoms with Crippen LogP contribution in [0, 0.1) is 0 Å². The van der Waals surface area contributed by atoms with Gasteiger partial charge >= 0.3 is 0 Å². The molecule has 1 saturated heterocycles. The minimum Gasteiger partial charge on any atom is -0.497 e. The molecule has 0 saturated carbocycles. The van der Waals surface area contributed by atoms with Crippen LogP contribution in [0.25, 0.3) is 11.3 Å². The highest BCUT2D eigenvalue weighted by Crippen LogP contribution is 2.35. The second-order valence-corrected chi connectivity index (χ2v) is 9.50. The molecule has 0 radical (unpaired) electrons. The molecule has 4 nitrogen and oxygen atoms in total. The molecule has 112 valence electrons. The van der Waals surface area contributed by atoms with Crippen LogP contribution in [0.5, 0.6) is 5.75 Å². The number of thiazole rings is 1. The Morgan fingerprint density at radius 3 is 2.71 bits per heavy atom. The molecule has 3 rings (SSSR count). The van der Waals surface area contributed by atoms with Gasteiger partial charge in [0.1, 0.15) is 5.75 Å². The van der Waals surface area contributed by atoms with Crippen molar-refractivity contribution in [1.82, 2.24) is 4.98 Å². The largest absolute Gasteiger partial charge is 0.497 e. The standard InChI is InChI=1S/C14H15NO3S3/c1-18-11-4-2-10(3-5-11)13-8-19-14(15-13)20-12-6-7-21(16,17)9-12/h2-5,8,12H,6-7,9H2,1H3/t12-/m0/s1. The van der Waals surface area contributed by atoms with Gasteiger partial charge in [-0.1, -0.05) is 11.8 Å². The summed E-state index contributed by atoms with van der Waals surface area (Å²) in [5.41, 5.74) is 1.96. The highest BCUT2D eigenvalue weighted by atomic mass is 32.2. The SMILES string of the molecule is COc1ccc(-c2csc(S[C@H]3CCS(=O)(=O)C3)n2)cc1. The van der Waals surface area contributed by atoms with Crippen molar-refractivity contribution in [3.63, 3.8) is 0 Å². The number of thioether (sulfide) groups is 1. The maximum Gasteiger partial charge on any atom is 0.151 e. The highest BCUT2D eigenvalue weighted by molar-refractivity contribution is 8.03. The van der Waals surface area contributed by atoms with Gasteiger partial charge in [-0.3, -0.25) is 0 Å². The Morgan fingerprint density at radius 2 is 2.10 bits per heavy atom. The number of sulfone groups is 1. The van der Waals surface area contributed by atoms with Gasteiger partial charge in [0.25, 0.3) is 0 Å². The summed E-state index contributed by atoms with van der Waals surface area (Å²) in [5.74, 6) is 1.40. The molecule has 0 aliphatic carbocycles. The number of hydrogen-bond acceptors (Lipinski definition) is 6.